The second kappa shape index (κ2) is 5.07. The van der Waals surface area contributed by atoms with Crippen LogP contribution in [0.4, 0.5) is 0 Å². The van der Waals surface area contributed by atoms with Gasteiger partial charge in [-0.3, -0.25) is 14.6 Å². The standard InChI is InChI=1S/C15H16N2O3/c18-14(17-8-9-3-5-16-6-4-9)12-10-1-2-11(7-10)13(12)15(19)20/h1-6,10-13H,7-8H2,(H,17,18)(H,19,20)/t10?,11?,12-,13+/m0/s1. The van der Waals surface area contributed by atoms with E-state index in [4.69, 9.17) is 0 Å². The molecule has 2 bridgehead atoms. The molecule has 0 aliphatic heterocycles. The van der Waals surface area contributed by atoms with Crippen molar-refractivity contribution in [2.45, 2.75) is 13.0 Å². The van der Waals surface area contributed by atoms with Crippen LogP contribution in [0.5, 0.6) is 0 Å². The Morgan fingerprint density at radius 2 is 1.85 bits per heavy atom. The highest BCUT2D eigenvalue weighted by molar-refractivity contribution is 5.86. The van der Waals surface area contributed by atoms with E-state index in [1.165, 1.54) is 0 Å². The number of fused-ring (bicyclic) bond motifs is 2. The van der Waals surface area contributed by atoms with Crippen LogP contribution in [0.15, 0.2) is 36.7 Å². The molecule has 104 valence electrons. The number of carboxylic acids is 1. The zero-order valence-electron chi connectivity index (χ0n) is 10.9. The third kappa shape index (κ3) is 2.19. The van der Waals surface area contributed by atoms with Crippen molar-refractivity contribution in [3.8, 4) is 0 Å². The number of carbonyl (C=O) groups excluding carboxylic acids is 1. The van der Waals surface area contributed by atoms with E-state index in [1.807, 2.05) is 24.3 Å². The highest BCUT2D eigenvalue weighted by Crippen LogP contribution is 2.48. The van der Waals surface area contributed by atoms with Gasteiger partial charge in [0.1, 0.15) is 0 Å². The van der Waals surface area contributed by atoms with E-state index < -0.39 is 17.8 Å². The Morgan fingerprint density at radius 1 is 1.20 bits per heavy atom. The fourth-order valence-electron chi connectivity index (χ4n) is 3.32. The molecular formula is C15H16N2O3. The number of carboxylic acid groups (broad SMARTS) is 1. The first-order valence-electron chi connectivity index (χ1n) is 6.74. The molecule has 1 amide bonds. The monoisotopic (exact) mass is 272 g/mol. The van der Waals surface area contributed by atoms with Crippen LogP contribution in [0, 0.1) is 23.7 Å². The van der Waals surface area contributed by atoms with E-state index in [2.05, 4.69) is 10.3 Å². The van der Waals surface area contributed by atoms with Gasteiger partial charge in [-0.05, 0) is 36.0 Å². The first-order chi connectivity index (χ1) is 9.66. The fourth-order valence-corrected chi connectivity index (χ4v) is 3.32. The van der Waals surface area contributed by atoms with Gasteiger partial charge in [0.25, 0.3) is 0 Å². The number of aromatic nitrogens is 1. The number of hydrogen-bond acceptors (Lipinski definition) is 3. The van der Waals surface area contributed by atoms with Crippen LogP contribution >= 0.6 is 0 Å². The Hall–Kier alpha value is -2.17. The largest absolute Gasteiger partial charge is 0.481 e. The number of hydrogen-bond donors (Lipinski definition) is 2. The van der Waals surface area contributed by atoms with E-state index in [9.17, 15) is 14.7 Å². The van der Waals surface area contributed by atoms with E-state index in [0.29, 0.717) is 6.54 Å². The molecule has 0 aromatic carbocycles. The maximum atomic E-state index is 12.3. The van der Waals surface area contributed by atoms with Gasteiger partial charge in [0.2, 0.25) is 5.91 Å². The summed E-state index contributed by atoms with van der Waals surface area (Å²) >= 11 is 0. The molecule has 1 aromatic rings. The molecular weight excluding hydrogens is 256 g/mol. The first kappa shape index (κ1) is 12.8. The smallest absolute Gasteiger partial charge is 0.307 e. The van der Waals surface area contributed by atoms with Gasteiger partial charge >= 0.3 is 5.97 Å². The van der Waals surface area contributed by atoms with Crippen LogP contribution in [0.25, 0.3) is 0 Å². The lowest BCUT2D eigenvalue weighted by atomic mass is 9.82. The van der Waals surface area contributed by atoms with Crippen molar-refractivity contribution in [1.82, 2.24) is 10.3 Å². The van der Waals surface area contributed by atoms with Crippen molar-refractivity contribution in [3.63, 3.8) is 0 Å². The Kier molecular flexibility index (Phi) is 3.26. The molecule has 20 heavy (non-hydrogen) atoms. The Balaban J connectivity index is 1.68. The van der Waals surface area contributed by atoms with Gasteiger partial charge in [-0.1, -0.05) is 12.2 Å². The van der Waals surface area contributed by atoms with Crippen molar-refractivity contribution < 1.29 is 14.7 Å². The molecule has 1 saturated carbocycles. The van der Waals surface area contributed by atoms with Crippen molar-refractivity contribution in [2.24, 2.45) is 23.7 Å². The number of rotatable bonds is 4. The number of nitrogens with one attached hydrogen (secondary N) is 1. The summed E-state index contributed by atoms with van der Waals surface area (Å²) in [4.78, 5) is 27.6. The molecule has 0 saturated heterocycles. The molecule has 1 aromatic heterocycles. The average molecular weight is 272 g/mol. The molecule has 2 aliphatic carbocycles. The molecule has 1 heterocycles. The van der Waals surface area contributed by atoms with Gasteiger partial charge < -0.3 is 10.4 Å². The summed E-state index contributed by atoms with van der Waals surface area (Å²) in [5.74, 6) is -1.98. The minimum atomic E-state index is -0.870. The topological polar surface area (TPSA) is 79.3 Å². The van der Waals surface area contributed by atoms with Crippen LogP contribution in [-0.2, 0) is 16.1 Å². The number of pyridine rings is 1. The number of carbonyl (C=O) groups is 2. The summed E-state index contributed by atoms with van der Waals surface area (Å²) < 4.78 is 0. The Bertz CT molecular complexity index is 555. The predicted octanol–water partition coefficient (Wildman–Crippen LogP) is 1.22. The summed E-state index contributed by atoms with van der Waals surface area (Å²) in [7, 11) is 0. The molecule has 2 N–H and O–H groups in total. The second-order valence-electron chi connectivity index (χ2n) is 5.41. The molecule has 0 radical (unpaired) electrons. The van der Waals surface area contributed by atoms with E-state index in [-0.39, 0.29) is 17.7 Å². The maximum Gasteiger partial charge on any atom is 0.307 e. The van der Waals surface area contributed by atoms with Crippen LogP contribution in [0.3, 0.4) is 0 Å². The number of nitrogens with zero attached hydrogens (tertiary/aromatic N) is 1. The summed E-state index contributed by atoms with van der Waals surface area (Å²) in [6.07, 6.45) is 8.05. The zero-order chi connectivity index (χ0) is 14.1. The molecule has 5 heteroatoms. The number of aliphatic carboxylic acids is 1. The van der Waals surface area contributed by atoms with Gasteiger partial charge in [-0.2, -0.15) is 0 Å². The van der Waals surface area contributed by atoms with Crippen LogP contribution in [0.1, 0.15) is 12.0 Å². The van der Waals surface area contributed by atoms with Gasteiger partial charge in [-0.25, -0.2) is 0 Å². The van der Waals surface area contributed by atoms with E-state index in [1.54, 1.807) is 12.4 Å². The SMILES string of the molecule is O=C(O)[C@@H]1C2C=CC(C2)[C@@H]1C(=O)NCc1ccncc1. The van der Waals surface area contributed by atoms with Crippen LogP contribution in [0.2, 0.25) is 0 Å². The van der Waals surface area contributed by atoms with Crippen molar-refractivity contribution in [1.29, 1.82) is 0 Å². The summed E-state index contributed by atoms with van der Waals surface area (Å²) in [6.45, 7) is 0.408. The van der Waals surface area contributed by atoms with Gasteiger partial charge in [-0.15, -0.1) is 0 Å². The highest BCUT2D eigenvalue weighted by atomic mass is 16.4. The first-order valence-corrected chi connectivity index (χ1v) is 6.74. The Labute approximate surface area is 116 Å². The van der Waals surface area contributed by atoms with Gasteiger partial charge in [0.15, 0.2) is 0 Å². The molecule has 1 fully saturated rings. The average Bonchev–Trinajstić information content (AvgIpc) is 3.06. The quantitative estimate of drug-likeness (QED) is 0.808. The Morgan fingerprint density at radius 3 is 2.50 bits per heavy atom. The van der Waals surface area contributed by atoms with E-state index in [0.717, 1.165) is 12.0 Å². The lowest BCUT2D eigenvalue weighted by Gasteiger charge is -2.23. The predicted molar refractivity (Wildman–Crippen MR) is 71.4 cm³/mol. The van der Waals surface area contributed by atoms with E-state index >= 15 is 0 Å². The summed E-state index contributed by atoms with van der Waals surface area (Å²) in [5, 5.41) is 12.2. The van der Waals surface area contributed by atoms with Crippen molar-refractivity contribution in [3.05, 3.63) is 42.2 Å². The van der Waals surface area contributed by atoms with Crippen molar-refractivity contribution >= 4 is 11.9 Å². The van der Waals surface area contributed by atoms with Crippen molar-refractivity contribution in [2.75, 3.05) is 0 Å². The molecule has 3 rings (SSSR count). The summed E-state index contributed by atoms with van der Waals surface area (Å²) in [5.41, 5.74) is 0.957. The number of allylic oxidation sites excluding steroid dienone is 2. The third-order valence-electron chi connectivity index (χ3n) is 4.26. The maximum absolute atomic E-state index is 12.3. The number of amides is 1. The zero-order valence-corrected chi connectivity index (χ0v) is 10.9. The third-order valence-corrected chi connectivity index (χ3v) is 4.26. The van der Waals surface area contributed by atoms with Crippen LogP contribution in [-0.4, -0.2) is 22.0 Å². The summed E-state index contributed by atoms with van der Waals surface area (Å²) in [6, 6.07) is 3.66. The fraction of sp³-hybridized carbons (Fsp3) is 0.400. The van der Waals surface area contributed by atoms with Crippen LogP contribution < -0.4 is 5.32 Å². The molecule has 0 spiro atoms. The molecule has 4 atom stereocenters. The highest BCUT2D eigenvalue weighted by Gasteiger charge is 2.51. The molecule has 5 nitrogen and oxygen atoms in total. The molecule has 2 aliphatic rings. The normalized spacial score (nSPS) is 30.4. The van der Waals surface area contributed by atoms with Gasteiger partial charge in [0.05, 0.1) is 11.8 Å². The second-order valence-corrected chi connectivity index (χ2v) is 5.41. The minimum Gasteiger partial charge on any atom is -0.481 e. The molecule has 2 unspecified atom stereocenters. The lowest BCUT2D eigenvalue weighted by molar-refractivity contribution is -0.147. The lowest BCUT2D eigenvalue weighted by Crippen LogP contribution is -2.39. The van der Waals surface area contributed by atoms with Gasteiger partial charge in [0, 0.05) is 18.9 Å². The minimum absolute atomic E-state index is 0.00850.